The van der Waals surface area contributed by atoms with Gasteiger partial charge in [-0.1, -0.05) is 12.7 Å². The zero-order chi connectivity index (χ0) is 35.3. The molecule has 0 fully saturated rings. The molecule has 0 saturated carbocycles. The normalized spacial score (nSPS) is 18.9. The van der Waals surface area contributed by atoms with Crippen LogP contribution in [0.2, 0.25) is 0 Å². The maximum atomic E-state index is 16.2. The molecule has 2 aliphatic rings. The third-order valence-electron chi connectivity index (χ3n) is 9.72. The van der Waals surface area contributed by atoms with Crippen LogP contribution in [0.25, 0.3) is 43.9 Å². The molecule has 12 heteroatoms. The van der Waals surface area contributed by atoms with Crippen LogP contribution >= 0.6 is 11.3 Å². The fourth-order valence-electron chi connectivity index (χ4n) is 7.05. The van der Waals surface area contributed by atoms with E-state index in [0.29, 0.717) is 29.2 Å². The van der Waals surface area contributed by atoms with Crippen LogP contribution in [0.4, 0.5) is 8.78 Å². The van der Waals surface area contributed by atoms with Crippen LogP contribution in [-0.4, -0.2) is 75.9 Å². The number of pyridine rings is 2. The van der Waals surface area contributed by atoms with Gasteiger partial charge in [0.2, 0.25) is 5.91 Å². The Labute approximate surface area is 293 Å². The van der Waals surface area contributed by atoms with E-state index in [1.54, 1.807) is 11.0 Å². The van der Waals surface area contributed by atoms with Crippen molar-refractivity contribution >= 4 is 27.3 Å². The predicted octanol–water partition coefficient (Wildman–Crippen LogP) is 7.56. The van der Waals surface area contributed by atoms with Crippen LogP contribution in [0.1, 0.15) is 48.9 Å². The second kappa shape index (κ2) is 13.5. The summed E-state index contributed by atoms with van der Waals surface area (Å²) in [4.78, 5) is 27.1. The van der Waals surface area contributed by atoms with Gasteiger partial charge in [0.05, 0.1) is 35.6 Å². The first kappa shape index (κ1) is 33.7. The van der Waals surface area contributed by atoms with E-state index in [-0.39, 0.29) is 42.5 Å². The fourth-order valence-corrected chi connectivity index (χ4v) is 8.00. The molecule has 7 rings (SSSR count). The number of carbonyl (C=O) groups is 1. The van der Waals surface area contributed by atoms with E-state index in [4.69, 9.17) is 24.5 Å². The lowest BCUT2D eigenvalue weighted by molar-refractivity contribution is -0.129. The van der Waals surface area contributed by atoms with Gasteiger partial charge in [0.15, 0.2) is 0 Å². The molecular formula is C38H38F2N6O3S. The van der Waals surface area contributed by atoms with Crippen molar-refractivity contribution in [1.82, 2.24) is 29.5 Å². The second-order valence-electron chi connectivity index (χ2n) is 12.7. The number of benzene rings is 1. The molecule has 3 atom stereocenters. The van der Waals surface area contributed by atoms with Crippen molar-refractivity contribution in [2.75, 3.05) is 40.5 Å². The van der Waals surface area contributed by atoms with E-state index in [1.165, 1.54) is 30.6 Å². The van der Waals surface area contributed by atoms with Gasteiger partial charge in [-0.25, -0.2) is 13.8 Å². The molecular weight excluding hydrogens is 659 g/mol. The summed E-state index contributed by atoms with van der Waals surface area (Å²) in [5.74, 6) is -1.75. The minimum atomic E-state index is -0.792. The summed E-state index contributed by atoms with van der Waals surface area (Å²) < 4.78 is 44.7. The van der Waals surface area contributed by atoms with Crippen LogP contribution in [0.15, 0.2) is 67.2 Å². The lowest BCUT2D eigenvalue weighted by Crippen LogP contribution is -2.42. The maximum absolute atomic E-state index is 16.2. The molecule has 1 aromatic carbocycles. The molecule has 5 aromatic rings. The SMILES string of the molecule is C=CC(=O)N1C[C@H](C)n2nc(-c3nc(-c4cnc5c(c4)[C@@H](C)N(C)CC5)c4ccsc4c3-c3c(F)cc(F)cc3OCCOC)cc2[C@H]1C=C. The van der Waals surface area contributed by atoms with Gasteiger partial charge in [-0.3, -0.25) is 19.4 Å². The zero-order valence-corrected chi connectivity index (χ0v) is 29.3. The maximum Gasteiger partial charge on any atom is 0.246 e. The summed E-state index contributed by atoms with van der Waals surface area (Å²) in [7, 11) is 3.64. The van der Waals surface area contributed by atoms with Gasteiger partial charge in [0.1, 0.15) is 35.4 Å². The lowest BCUT2D eigenvalue weighted by atomic mass is 9.94. The molecule has 0 unspecified atom stereocenters. The molecule has 0 N–H and O–H groups in total. The van der Waals surface area contributed by atoms with Gasteiger partial charge in [-0.2, -0.15) is 5.10 Å². The van der Waals surface area contributed by atoms with E-state index >= 15 is 4.39 Å². The number of fused-ring (bicyclic) bond motifs is 3. The number of hydrogen-bond donors (Lipinski definition) is 0. The number of ether oxygens (including phenoxy) is 2. The third kappa shape index (κ3) is 5.70. The Balaban J connectivity index is 1.51. The van der Waals surface area contributed by atoms with Crippen molar-refractivity contribution < 1.29 is 23.0 Å². The number of carbonyl (C=O) groups excluding carboxylic acids is 1. The van der Waals surface area contributed by atoms with Gasteiger partial charge < -0.3 is 14.4 Å². The summed E-state index contributed by atoms with van der Waals surface area (Å²) in [5, 5.41) is 7.77. The highest BCUT2D eigenvalue weighted by atomic mass is 32.1. The van der Waals surface area contributed by atoms with Crippen molar-refractivity contribution in [2.24, 2.45) is 0 Å². The standard InChI is InChI=1S/C38H38F2N6O3S/c1-7-30-31-18-29(43-46(31)21(3)20-45(30)33(47)8-2)37-35(34-27(40)16-24(39)17-32(34)49-13-12-48-6)38-25(10-14-50-38)36(42-37)23-15-26-22(4)44(5)11-9-28(26)41-19-23/h7-8,10,14-19,21-22,30H,1-2,9,11-13,20H2,3-6H3/t21-,22+,30+/m0/s1. The second-order valence-corrected chi connectivity index (χ2v) is 13.7. The van der Waals surface area contributed by atoms with E-state index in [9.17, 15) is 9.18 Å². The average molecular weight is 697 g/mol. The minimum Gasteiger partial charge on any atom is -0.490 e. The smallest absolute Gasteiger partial charge is 0.246 e. The largest absolute Gasteiger partial charge is 0.490 e. The van der Waals surface area contributed by atoms with Gasteiger partial charge in [0, 0.05) is 77.9 Å². The summed E-state index contributed by atoms with van der Waals surface area (Å²) >= 11 is 1.43. The monoisotopic (exact) mass is 696 g/mol. The Morgan fingerprint density at radius 2 is 1.94 bits per heavy atom. The molecule has 0 aliphatic carbocycles. The molecule has 0 saturated heterocycles. The number of methoxy groups -OCH3 is 1. The van der Waals surface area contributed by atoms with Gasteiger partial charge in [0.25, 0.3) is 0 Å². The zero-order valence-electron chi connectivity index (χ0n) is 28.5. The van der Waals surface area contributed by atoms with E-state index < -0.39 is 17.7 Å². The summed E-state index contributed by atoms with van der Waals surface area (Å²) in [6.07, 6.45) is 5.70. The molecule has 2 aliphatic heterocycles. The quantitative estimate of drug-likeness (QED) is 0.0894. The molecule has 4 aromatic heterocycles. The topological polar surface area (TPSA) is 85.6 Å². The Hall–Kier alpha value is -4.78. The molecule has 1 amide bonds. The number of amides is 1. The van der Waals surface area contributed by atoms with Crippen molar-refractivity contribution in [2.45, 2.75) is 38.4 Å². The van der Waals surface area contributed by atoms with E-state index in [0.717, 1.165) is 51.6 Å². The first-order chi connectivity index (χ1) is 24.1. The summed E-state index contributed by atoms with van der Waals surface area (Å²) in [6.45, 7) is 13.5. The molecule has 0 bridgehead atoms. The molecule has 50 heavy (non-hydrogen) atoms. The van der Waals surface area contributed by atoms with Crippen molar-refractivity contribution in [1.29, 1.82) is 0 Å². The highest BCUT2D eigenvalue weighted by Crippen LogP contribution is 2.48. The predicted molar refractivity (Wildman–Crippen MR) is 191 cm³/mol. The Morgan fingerprint density at radius 3 is 2.70 bits per heavy atom. The Bertz CT molecular complexity index is 2140. The third-order valence-corrected chi connectivity index (χ3v) is 10.6. The lowest BCUT2D eigenvalue weighted by Gasteiger charge is -2.37. The molecule has 0 spiro atoms. The molecule has 9 nitrogen and oxygen atoms in total. The Kier molecular flexibility index (Phi) is 9.10. The molecule has 0 radical (unpaired) electrons. The highest BCUT2D eigenvalue weighted by Gasteiger charge is 2.35. The number of likely N-dealkylation sites (N-methyl/N-ethyl adjacent to an activating group) is 1. The molecule has 6 heterocycles. The summed E-state index contributed by atoms with van der Waals surface area (Å²) in [6, 6.07) is 7.52. The van der Waals surface area contributed by atoms with Crippen LogP contribution in [0, 0.1) is 11.6 Å². The first-order valence-electron chi connectivity index (χ1n) is 16.5. The number of hydrogen-bond acceptors (Lipinski definition) is 8. The number of halogens is 2. The summed E-state index contributed by atoms with van der Waals surface area (Å²) in [5.41, 5.74) is 5.78. The number of thiophene rings is 1. The number of aromatic nitrogens is 4. The number of nitrogens with zero attached hydrogens (tertiary/aromatic N) is 6. The van der Waals surface area contributed by atoms with E-state index in [2.05, 4.69) is 38.1 Å². The molecule has 258 valence electrons. The van der Waals surface area contributed by atoms with Crippen molar-refractivity contribution in [3.63, 3.8) is 0 Å². The van der Waals surface area contributed by atoms with Gasteiger partial charge in [-0.05, 0) is 56.1 Å². The van der Waals surface area contributed by atoms with Gasteiger partial charge >= 0.3 is 0 Å². The van der Waals surface area contributed by atoms with Crippen LogP contribution in [0.5, 0.6) is 5.75 Å². The van der Waals surface area contributed by atoms with E-state index in [1.807, 2.05) is 35.3 Å². The number of rotatable bonds is 9. The fraction of sp³-hybridized carbons (Fsp3) is 0.316. The Morgan fingerprint density at radius 1 is 1.12 bits per heavy atom. The van der Waals surface area contributed by atoms with Crippen LogP contribution < -0.4 is 4.74 Å². The van der Waals surface area contributed by atoms with Crippen molar-refractivity contribution in [3.05, 3.63) is 95.8 Å². The minimum absolute atomic E-state index is 0.0291. The van der Waals surface area contributed by atoms with Crippen LogP contribution in [0.3, 0.4) is 0 Å². The highest BCUT2D eigenvalue weighted by molar-refractivity contribution is 7.18. The van der Waals surface area contributed by atoms with Crippen molar-refractivity contribution in [3.8, 4) is 39.5 Å². The first-order valence-corrected chi connectivity index (χ1v) is 17.4. The van der Waals surface area contributed by atoms with Gasteiger partial charge in [-0.15, -0.1) is 17.9 Å². The van der Waals surface area contributed by atoms with Crippen LogP contribution in [-0.2, 0) is 16.0 Å². The average Bonchev–Trinajstić information content (AvgIpc) is 3.78.